The Morgan fingerprint density at radius 2 is 2.24 bits per heavy atom. The maximum absolute atomic E-state index is 10.5. The van der Waals surface area contributed by atoms with Crippen LogP contribution >= 0.6 is 23.2 Å². The van der Waals surface area contributed by atoms with Gasteiger partial charge in [-0.05, 0) is 37.1 Å². The fraction of sp³-hybridized carbons (Fsp3) is 0.538. The van der Waals surface area contributed by atoms with Crippen LogP contribution in [0.25, 0.3) is 0 Å². The Labute approximate surface area is 111 Å². The summed E-state index contributed by atoms with van der Waals surface area (Å²) in [5.41, 5.74) is 0.0845. The molecule has 0 saturated carbocycles. The lowest BCUT2D eigenvalue weighted by molar-refractivity contribution is -0.00452. The predicted molar refractivity (Wildman–Crippen MR) is 69.7 cm³/mol. The second-order valence-electron chi connectivity index (χ2n) is 4.83. The number of hydrogen-bond acceptors (Lipinski definition) is 2. The Morgan fingerprint density at radius 3 is 2.88 bits per heavy atom. The summed E-state index contributed by atoms with van der Waals surface area (Å²) in [4.78, 5) is 0. The van der Waals surface area contributed by atoms with Crippen LogP contribution in [0.3, 0.4) is 0 Å². The molecular formula is C13H16Cl2O2. The number of aliphatic hydroxyl groups is 1. The lowest BCUT2D eigenvalue weighted by Crippen LogP contribution is -2.37. The Hall–Kier alpha value is -0.280. The minimum absolute atomic E-state index is 0.164. The normalized spacial score (nSPS) is 23.6. The van der Waals surface area contributed by atoms with Crippen molar-refractivity contribution in [1.29, 1.82) is 0 Å². The molecule has 1 aromatic carbocycles. The van der Waals surface area contributed by atoms with Gasteiger partial charge in [-0.1, -0.05) is 23.2 Å². The van der Waals surface area contributed by atoms with Crippen LogP contribution in [0.5, 0.6) is 0 Å². The monoisotopic (exact) mass is 274 g/mol. The van der Waals surface area contributed by atoms with Gasteiger partial charge < -0.3 is 9.84 Å². The van der Waals surface area contributed by atoms with Crippen molar-refractivity contribution in [1.82, 2.24) is 0 Å². The molecule has 0 aromatic heterocycles. The second kappa shape index (κ2) is 5.15. The van der Waals surface area contributed by atoms with E-state index < -0.39 is 5.60 Å². The van der Waals surface area contributed by atoms with E-state index in [1.54, 1.807) is 12.1 Å². The molecule has 2 nitrogen and oxygen atoms in total. The lowest BCUT2D eigenvalue weighted by Gasteiger charge is -2.29. The summed E-state index contributed by atoms with van der Waals surface area (Å²) in [6.45, 7) is 3.18. The van der Waals surface area contributed by atoms with Crippen molar-refractivity contribution in [2.75, 3.05) is 13.2 Å². The van der Waals surface area contributed by atoms with E-state index in [0.29, 0.717) is 23.1 Å². The molecule has 1 heterocycles. The first-order valence-electron chi connectivity index (χ1n) is 5.73. The van der Waals surface area contributed by atoms with Crippen molar-refractivity contribution in [3.05, 3.63) is 33.8 Å². The zero-order valence-electron chi connectivity index (χ0n) is 9.75. The standard InChI is InChI=1S/C13H16Cl2O2/c1-13(16,10-4-5-17-8-10)7-9-6-11(14)2-3-12(9)15/h2-3,6,10,16H,4-5,7-8H2,1H3. The smallest absolute Gasteiger partial charge is 0.0711 e. The van der Waals surface area contributed by atoms with E-state index >= 15 is 0 Å². The third kappa shape index (κ3) is 3.14. The molecule has 4 heteroatoms. The number of halogens is 2. The van der Waals surface area contributed by atoms with Gasteiger partial charge in [0.25, 0.3) is 0 Å². The molecule has 1 N–H and O–H groups in total. The van der Waals surface area contributed by atoms with Crippen LogP contribution < -0.4 is 0 Å². The van der Waals surface area contributed by atoms with Crippen molar-refractivity contribution < 1.29 is 9.84 Å². The van der Waals surface area contributed by atoms with Crippen LogP contribution in [-0.4, -0.2) is 23.9 Å². The lowest BCUT2D eigenvalue weighted by atomic mass is 9.83. The Balaban J connectivity index is 2.15. The largest absolute Gasteiger partial charge is 0.389 e. The maximum atomic E-state index is 10.5. The highest BCUT2D eigenvalue weighted by Gasteiger charge is 2.35. The molecule has 0 spiro atoms. The first kappa shape index (κ1) is 13.2. The molecule has 0 amide bonds. The Bertz CT molecular complexity index is 398. The first-order chi connectivity index (χ1) is 7.99. The third-order valence-corrected chi connectivity index (χ3v) is 3.97. The van der Waals surface area contributed by atoms with Gasteiger partial charge in [-0.2, -0.15) is 0 Å². The average molecular weight is 275 g/mol. The first-order valence-corrected chi connectivity index (χ1v) is 6.49. The molecule has 2 unspecified atom stereocenters. The van der Waals surface area contributed by atoms with Crippen LogP contribution in [0.4, 0.5) is 0 Å². The zero-order valence-corrected chi connectivity index (χ0v) is 11.3. The third-order valence-electron chi connectivity index (χ3n) is 3.37. The summed E-state index contributed by atoms with van der Waals surface area (Å²) in [5.74, 6) is 0.164. The Morgan fingerprint density at radius 1 is 1.47 bits per heavy atom. The number of hydrogen-bond donors (Lipinski definition) is 1. The fourth-order valence-electron chi connectivity index (χ4n) is 2.23. The SMILES string of the molecule is CC(O)(Cc1cc(Cl)ccc1Cl)C1CCOC1. The van der Waals surface area contributed by atoms with E-state index in [1.807, 2.05) is 13.0 Å². The summed E-state index contributed by atoms with van der Waals surface area (Å²) in [5, 5.41) is 11.8. The predicted octanol–water partition coefficient (Wildman–Crippen LogP) is 3.32. The van der Waals surface area contributed by atoms with E-state index in [2.05, 4.69) is 0 Å². The second-order valence-corrected chi connectivity index (χ2v) is 5.67. The van der Waals surface area contributed by atoms with Crippen LogP contribution in [0.2, 0.25) is 10.0 Å². The molecule has 94 valence electrons. The van der Waals surface area contributed by atoms with Crippen molar-refractivity contribution in [3.8, 4) is 0 Å². The molecule has 2 atom stereocenters. The highest BCUT2D eigenvalue weighted by Crippen LogP contribution is 2.32. The van der Waals surface area contributed by atoms with Crippen molar-refractivity contribution >= 4 is 23.2 Å². The molecule has 1 aromatic rings. The molecule has 0 bridgehead atoms. The van der Waals surface area contributed by atoms with Gasteiger partial charge in [-0.25, -0.2) is 0 Å². The molecule has 17 heavy (non-hydrogen) atoms. The number of ether oxygens (including phenoxy) is 1. The summed E-state index contributed by atoms with van der Waals surface area (Å²) in [6, 6.07) is 5.33. The number of rotatable bonds is 3. The topological polar surface area (TPSA) is 29.5 Å². The van der Waals surface area contributed by atoms with E-state index in [9.17, 15) is 5.11 Å². The summed E-state index contributed by atoms with van der Waals surface area (Å²) < 4.78 is 5.32. The maximum Gasteiger partial charge on any atom is 0.0711 e. The van der Waals surface area contributed by atoms with Gasteiger partial charge >= 0.3 is 0 Å². The minimum atomic E-state index is -0.801. The molecule has 0 radical (unpaired) electrons. The van der Waals surface area contributed by atoms with Crippen LogP contribution in [0, 0.1) is 5.92 Å². The molecule has 1 fully saturated rings. The van der Waals surface area contributed by atoms with E-state index in [1.165, 1.54) is 0 Å². The minimum Gasteiger partial charge on any atom is -0.389 e. The van der Waals surface area contributed by atoms with E-state index in [0.717, 1.165) is 18.6 Å². The molecule has 1 aliphatic heterocycles. The van der Waals surface area contributed by atoms with Gasteiger partial charge in [-0.15, -0.1) is 0 Å². The molecule has 0 aliphatic carbocycles. The summed E-state index contributed by atoms with van der Waals surface area (Å²) in [7, 11) is 0. The van der Waals surface area contributed by atoms with Crippen molar-refractivity contribution in [3.63, 3.8) is 0 Å². The van der Waals surface area contributed by atoms with E-state index in [4.69, 9.17) is 27.9 Å². The fourth-order valence-corrected chi connectivity index (χ4v) is 2.61. The quantitative estimate of drug-likeness (QED) is 0.916. The molecular weight excluding hydrogens is 259 g/mol. The molecule has 1 saturated heterocycles. The van der Waals surface area contributed by atoms with Gasteiger partial charge in [0.15, 0.2) is 0 Å². The zero-order chi connectivity index (χ0) is 12.5. The Kier molecular flexibility index (Phi) is 3.99. The van der Waals surface area contributed by atoms with Crippen LogP contribution in [-0.2, 0) is 11.2 Å². The van der Waals surface area contributed by atoms with Crippen LogP contribution in [0.1, 0.15) is 18.9 Å². The van der Waals surface area contributed by atoms with Crippen molar-refractivity contribution in [2.45, 2.75) is 25.4 Å². The van der Waals surface area contributed by atoms with Gasteiger partial charge in [0.05, 0.1) is 12.2 Å². The van der Waals surface area contributed by atoms with Crippen LogP contribution in [0.15, 0.2) is 18.2 Å². The average Bonchev–Trinajstić information content (AvgIpc) is 2.77. The highest BCUT2D eigenvalue weighted by atomic mass is 35.5. The van der Waals surface area contributed by atoms with E-state index in [-0.39, 0.29) is 5.92 Å². The molecule has 2 rings (SSSR count). The summed E-state index contributed by atoms with van der Waals surface area (Å²) >= 11 is 12.0. The highest BCUT2D eigenvalue weighted by molar-refractivity contribution is 6.33. The van der Waals surface area contributed by atoms with Gasteiger partial charge in [0.1, 0.15) is 0 Å². The van der Waals surface area contributed by atoms with Crippen molar-refractivity contribution in [2.24, 2.45) is 5.92 Å². The molecule has 1 aliphatic rings. The number of benzene rings is 1. The van der Waals surface area contributed by atoms with Gasteiger partial charge in [0.2, 0.25) is 0 Å². The van der Waals surface area contributed by atoms with Gasteiger partial charge in [0, 0.05) is 29.0 Å². The van der Waals surface area contributed by atoms with Gasteiger partial charge in [-0.3, -0.25) is 0 Å². The summed E-state index contributed by atoms with van der Waals surface area (Å²) in [6.07, 6.45) is 1.39.